The Balaban J connectivity index is 3.29. The topological polar surface area (TPSA) is 49.8 Å². The predicted molar refractivity (Wildman–Crippen MR) is 58.6 cm³/mol. The summed E-state index contributed by atoms with van der Waals surface area (Å²) < 4.78 is 0. The number of nitrogens with zero attached hydrogens (tertiary/aromatic N) is 1. The summed E-state index contributed by atoms with van der Waals surface area (Å²) in [6.07, 6.45) is 0. The molecular weight excluding hydrogens is 196 g/mol. The van der Waals surface area contributed by atoms with Crippen molar-refractivity contribution in [2.24, 2.45) is 5.73 Å². The number of rotatable bonds is 1. The molecular formula is C11H11ClN2. The minimum Gasteiger partial charge on any atom is -0.397 e. The number of nitrogens with two attached hydrogens (primary N) is 1. The maximum atomic E-state index is 8.68. The highest BCUT2D eigenvalue weighted by atomic mass is 35.5. The van der Waals surface area contributed by atoms with Gasteiger partial charge in [-0.3, -0.25) is 0 Å². The van der Waals surface area contributed by atoms with E-state index in [1.54, 1.807) is 6.92 Å². The van der Waals surface area contributed by atoms with Gasteiger partial charge in [-0.2, -0.15) is 5.26 Å². The Kier molecular flexibility index (Phi) is 3.16. The van der Waals surface area contributed by atoms with E-state index >= 15 is 0 Å². The Bertz CT molecular complexity index is 427. The van der Waals surface area contributed by atoms with Crippen molar-refractivity contribution in [3.8, 4) is 6.07 Å². The summed E-state index contributed by atoms with van der Waals surface area (Å²) in [5, 5.41) is 9.26. The average Bonchev–Trinajstić information content (AvgIpc) is 2.15. The number of hydrogen-bond donors (Lipinski definition) is 1. The van der Waals surface area contributed by atoms with E-state index in [-0.39, 0.29) is 0 Å². The highest BCUT2D eigenvalue weighted by molar-refractivity contribution is 6.32. The summed E-state index contributed by atoms with van der Waals surface area (Å²) in [4.78, 5) is 0. The van der Waals surface area contributed by atoms with Gasteiger partial charge in [0.05, 0.1) is 16.8 Å². The van der Waals surface area contributed by atoms with Crippen molar-refractivity contribution in [2.45, 2.75) is 13.8 Å². The van der Waals surface area contributed by atoms with Crippen LogP contribution < -0.4 is 5.73 Å². The van der Waals surface area contributed by atoms with Crippen LogP contribution in [0.25, 0.3) is 5.70 Å². The number of halogens is 1. The van der Waals surface area contributed by atoms with E-state index in [1.165, 1.54) is 0 Å². The Hall–Kier alpha value is -1.46. The van der Waals surface area contributed by atoms with Gasteiger partial charge in [-0.25, -0.2) is 0 Å². The molecule has 0 aliphatic rings. The lowest BCUT2D eigenvalue weighted by Crippen LogP contribution is -2.00. The molecule has 0 aliphatic carbocycles. The first-order chi connectivity index (χ1) is 6.56. The Labute approximate surface area is 88.6 Å². The van der Waals surface area contributed by atoms with Crippen LogP contribution >= 0.6 is 11.6 Å². The molecule has 14 heavy (non-hydrogen) atoms. The number of aryl methyl sites for hydroxylation is 1. The smallest absolute Gasteiger partial charge is 0.0965 e. The minimum absolute atomic E-state index is 0.442. The first-order valence-electron chi connectivity index (χ1n) is 4.19. The maximum absolute atomic E-state index is 8.68. The largest absolute Gasteiger partial charge is 0.397 e. The molecule has 0 aromatic heterocycles. The third kappa shape index (κ3) is 2.07. The molecule has 0 fully saturated rings. The molecule has 0 spiro atoms. The Morgan fingerprint density at radius 1 is 1.50 bits per heavy atom. The fourth-order valence-electron chi connectivity index (χ4n) is 1.10. The van der Waals surface area contributed by atoms with Crippen molar-refractivity contribution < 1.29 is 0 Å². The van der Waals surface area contributed by atoms with E-state index in [4.69, 9.17) is 22.6 Å². The molecule has 2 N–H and O–H groups in total. The molecule has 0 unspecified atom stereocenters. The van der Waals surface area contributed by atoms with Crippen LogP contribution in [0.1, 0.15) is 18.1 Å². The van der Waals surface area contributed by atoms with E-state index in [1.807, 2.05) is 31.2 Å². The number of allylic oxidation sites excluding steroid dienone is 1. The van der Waals surface area contributed by atoms with Crippen molar-refractivity contribution in [2.75, 3.05) is 0 Å². The zero-order valence-corrected chi connectivity index (χ0v) is 8.89. The van der Waals surface area contributed by atoms with Crippen molar-refractivity contribution in [3.63, 3.8) is 0 Å². The Morgan fingerprint density at radius 2 is 2.14 bits per heavy atom. The molecule has 0 saturated heterocycles. The monoisotopic (exact) mass is 206 g/mol. The highest BCUT2D eigenvalue weighted by Crippen LogP contribution is 2.23. The van der Waals surface area contributed by atoms with Crippen LogP contribution in [0, 0.1) is 18.3 Å². The first-order valence-corrected chi connectivity index (χ1v) is 4.57. The van der Waals surface area contributed by atoms with Crippen LogP contribution in [0.2, 0.25) is 5.02 Å². The van der Waals surface area contributed by atoms with Crippen molar-refractivity contribution in [3.05, 3.63) is 39.9 Å². The molecule has 0 atom stereocenters. The number of hydrogen-bond acceptors (Lipinski definition) is 2. The maximum Gasteiger partial charge on any atom is 0.0965 e. The van der Waals surface area contributed by atoms with Crippen molar-refractivity contribution >= 4 is 17.3 Å². The second-order valence-electron chi connectivity index (χ2n) is 3.13. The third-order valence-electron chi connectivity index (χ3n) is 1.99. The van der Waals surface area contributed by atoms with Gasteiger partial charge in [0, 0.05) is 11.1 Å². The summed E-state index contributed by atoms with van der Waals surface area (Å²) in [6, 6.07) is 7.57. The zero-order chi connectivity index (χ0) is 10.7. The molecule has 0 bridgehead atoms. The van der Waals surface area contributed by atoms with Crippen LogP contribution in [0.3, 0.4) is 0 Å². The second kappa shape index (κ2) is 4.17. The van der Waals surface area contributed by atoms with Crippen LogP contribution in [0.15, 0.2) is 23.8 Å². The lowest BCUT2D eigenvalue weighted by molar-refractivity contribution is 1.38. The average molecular weight is 207 g/mol. The SMILES string of the molecule is C/C(C#N)=C(/N)c1ccc(C)cc1Cl. The van der Waals surface area contributed by atoms with Gasteiger partial charge in [0.2, 0.25) is 0 Å². The molecule has 1 aromatic carbocycles. The molecule has 1 rings (SSSR count). The van der Waals surface area contributed by atoms with Gasteiger partial charge in [0.1, 0.15) is 0 Å². The third-order valence-corrected chi connectivity index (χ3v) is 2.30. The molecule has 72 valence electrons. The molecule has 2 nitrogen and oxygen atoms in total. The predicted octanol–water partition coefficient (Wildman–Crippen LogP) is 2.86. The first kappa shape index (κ1) is 10.6. The summed E-state index contributed by atoms with van der Waals surface area (Å²) in [5.41, 5.74) is 8.49. The lowest BCUT2D eigenvalue weighted by atomic mass is 10.1. The van der Waals surface area contributed by atoms with E-state index in [2.05, 4.69) is 0 Å². The quantitative estimate of drug-likeness (QED) is 0.719. The van der Waals surface area contributed by atoms with Crippen LogP contribution in [0.4, 0.5) is 0 Å². The van der Waals surface area contributed by atoms with Crippen LogP contribution in [-0.2, 0) is 0 Å². The van der Waals surface area contributed by atoms with Gasteiger partial charge in [0.15, 0.2) is 0 Å². The molecule has 1 aromatic rings. The van der Waals surface area contributed by atoms with E-state index < -0.39 is 0 Å². The highest BCUT2D eigenvalue weighted by Gasteiger charge is 2.05. The van der Waals surface area contributed by atoms with Gasteiger partial charge in [-0.15, -0.1) is 0 Å². The van der Waals surface area contributed by atoms with Gasteiger partial charge < -0.3 is 5.73 Å². The normalized spacial score (nSPS) is 11.9. The van der Waals surface area contributed by atoms with Crippen molar-refractivity contribution in [1.82, 2.24) is 0 Å². The van der Waals surface area contributed by atoms with Crippen molar-refractivity contribution in [1.29, 1.82) is 5.26 Å². The van der Waals surface area contributed by atoms with E-state index in [0.717, 1.165) is 11.1 Å². The van der Waals surface area contributed by atoms with E-state index in [0.29, 0.717) is 16.3 Å². The van der Waals surface area contributed by atoms with E-state index in [9.17, 15) is 0 Å². The van der Waals surface area contributed by atoms with Crippen LogP contribution in [0.5, 0.6) is 0 Å². The molecule has 0 heterocycles. The lowest BCUT2D eigenvalue weighted by Gasteiger charge is -2.06. The fraction of sp³-hybridized carbons (Fsp3) is 0.182. The van der Waals surface area contributed by atoms with Crippen LogP contribution in [-0.4, -0.2) is 0 Å². The number of nitriles is 1. The molecule has 0 amide bonds. The summed E-state index contributed by atoms with van der Waals surface area (Å²) >= 11 is 6.00. The summed E-state index contributed by atoms with van der Waals surface area (Å²) in [6.45, 7) is 3.62. The number of benzene rings is 1. The van der Waals surface area contributed by atoms with Gasteiger partial charge in [0.25, 0.3) is 0 Å². The summed E-state index contributed by atoms with van der Waals surface area (Å²) in [7, 11) is 0. The minimum atomic E-state index is 0.442. The molecule has 0 aliphatic heterocycles. The zero-order valence-electron chi connectivity index (χ0n) is 8.13. The molecule has 0 saturated carbocycles. The Morgan fingerprint density at radius 3 is 2.64 bits per heavy atom. The molecule has 3 heteroatoms. The van der Waals surface area contributed by atoms with Gasteiger partial charge in [-0.1, -0.05) is 23.7 Å². The standard InChI is InChI=1S/C11H11ClN2/c1-7-3-4-9(10(12)5-7)11(14)8(2)6-13/h3-5H,14H2,1-2H3/b11-8-. The molecule has 0 radical (unpaired) electrons. The fourth-order valence-corrected chi connectivity index (χ4v) is 1.44. The van der Waals surface area contributed by atoms with Gasteiger partial charge >= 0.3 is 0 Å². The second-order valence-corrected chi connectivity index (χ2v) is 3.54. The van der Waals surface area contributed by atoms with Gasteiger partial charge in [-0.05, 0) is 25.5 Å². The summed E-state index contributed by atoms with van der Waals surface area (Å²) in [5.74, 6) is 0.